The normalized spacial score (nSPS) is 11.3. The van der Waals surface area contributed by atoms with Crippen LogP contribution in [0.15, 0.2) is 72.9 Å². The molecule has 0 radical (unpaired) electrons. The van der Waals surface area contributed by atoms with Crippen LogP contribution < -0.4 is 16.0 Å². The van der Waals surface area contributed by atoms with Gasteiger partial charge in [-0.2, -0.15) is 0 Å². The second kappa shape index (κ2) is 14.3. The molecule has 1 atom stereocenters. The lowest BCUT2D eigenvalue weighted by Gasteiger charge is -2.19. The second-order valence-corrected chi connectivity index (χ2v) is 8.40. The SMILES string of the molecule is COC(=O)CC(NC(=O)CNC(=O)CCCCNc1ccccn1)c1ccc(-c2ccc(F)cc2)cc1. The van der Waals surface area contributed by atoms with Gasteiger partial charge in [0, 0.05) is 19.2 Å². The van der Waals surface area contributed by atoms with Crippen molar-refractivity contribution in [2.75, 3.05) is 25.5 Å². The molecule has 9 heteroatoms. The van der Waals surface area contributed by atoms with Crippen LogP contribution in [-0.2, 0) is 19.1 Å². The van der Waals surface area contributed by atoms with Crippen molar-refractivity contribution in [2.24, 2.45) is 0 Å². The number of aromatic nitrogens is 1. The minimum absolute atomic E-state index is 0.0602. The Balaban J connectivity index is 1.46. The average molecular weight is 507 g/mol. The molecule has 2 aromatic carbocycles. The molecule has 0 saturated carbocycles. The zero-order valence-corrected chi connectivity index (χ0v) is 20.7. The van der Waals surface area contributed by atoms with E-state index in [4.69, 9.17) is 4.74 Å². The summed E-state index contributed by atoms with van der Waals surface area (Å²) in [5.41, 5.74) is 2.42. The van der Waals surface area contributed by atoms with Gasteiger partial charge in [0.15, 0.2) is 0 Å². The van der Waals surface area contributed by atoms with Crippen molar-refractivity contribution in [3.05, 3.63) is 84.3 Å². The van der Waals surface area contributed by atoms with E-state index in [-0.39, 0.29) is 24.7 Å². The summed E-state index contributed by atoms with van der Waals surface area (Å²) in [4.78, 5) is 40.8. The quantitative estimate of drug-likeness (QED) is 0.239. The number of nitrogens with zero attached hydrogens (tertiary/aromatic N) is 1. The molecule has 37 heavy (non-hydrogen) atoms. The van der Waals surface area contributed by atoms with Crippen LogP contribution in [0.2, 0.25) is 0 Å². The van der Waals surface area contributed by atoms with Crippen molar-refractivity contribution >= 4 is 23.6 Å². The number of carbonyl (C=O) groups is 3. The molecule has 3 aromatic rings. The lowest BCUT2D eigenvalue weighted by atomic mass is 9.99. The zero-order chi connectivity index (χ0) is 26.5. The number of amides is 2. The average Bonchev–Trinajstić information content (AvgIpc) is 2.92. The van der Waals surface area contributed by atoms with E-state index in [1.807, 2.05) is 30.3 Å². The molecule has 3 N–H and O–H groups in total. The summed E-state index contributed by atoms with van der Waals surface area (Å²) in [6, 6.07) is 18.4. The van der Waals surface area contributed by atoms with Gasteiger partial charge in [-0.05, 0) is 53.8 Å². The maximum atomic E-state index is 13.2. The number of halogens is 1. The van der Waals surface area contributed by atoms with Crippen molar-refractivity contribution in [2.45, 2.75) is 31.7 Å². The predicted octanol–water partition coefficient (Wildman–Crippen LogP) is 4.01. The highest BCUT2D eigenvalue weighted by Crippen LogP contribution is 2.24. The highest BCUT2D eigenvalue weighted by atomic mass is 19.1. The Hall–Kier alpha value is -4.27. The summed E-state index contributed by atoms with van der Waals surface area (Å²) in [6.07, 6.45) is 3.40. The molecule has 0 aliphatic heterocycles. The molecule has 1 unspecified atom stereocenters. The summed E-state index contributed by atoms with van der Waals surface area (Å²) in [5, 5.41) is 8.60. The molecule has 0 aliphatic carbocycles. The molecule has 0 spiro atoms. The number of unbranched alkanes of at least 4 members (excludes halogenated alkanes) is 1. The Morgan fingerprint density at radius 1 is 0.919 bits per heavy atom. The van der Waals surface area contributed by atoms with E-state index >= 15 is 0 Å². The van der Waals surface area contributed by atoms with Crippen LogP contribution in [-0.4, -0.2) is 43.0 Å². The monoisotopic (exact) mass is 506 g/mol. The smallest absolute Gasteiger partial charge is 0.307 e. The number of hydrogen-bond acceptors (Lipinski definition) is 6. The molecular formula is C28H31FN4O4. The van der Waals surface area contributed by atoms with Gasteiger partial charge >= 0.3 is 5.97 Å². The van der Waals surface area contributed by atoms with Gasteiger partial charge < -0.3 is 20.7 Å². The Labute approximate surface area is 215 Å². The largest absolute Gasteiger partial charge is 0.469 e. The van der Waals surface area contributed by atoms with Crippen molar-refractivity contribution in [3.63, 3.8) is 0 Å². The Morgan fingerprint density at radius 3 is 2.27 bits per heavy atom. The van der Waals surface area contributed by atoms with E-state index in [9.17, 15) is 18.8 Å². The topological polar surface area (TPSA) is 109 Å². The molecule has 2 amide bonds. The van der Waals surface area contributed by atoms with Gasteiger partial charge in [0.2, 0.25) is 11.8 Å². The molecule has 3 rings (SSSR count). The summed E-state index contributed by atoms with van der Waals surface area (Å²) in [5.74, 6) is -0.639. The summed E-state index contributed by atoms with van der Waals surface area (Å²) in [7, 11) is 1.28. The van der Waals surface area contributed by atoms with Crippen molar-refractivity contribution in [1.29, 1.82) is 0 Å². The number of benzene rings is 2. The van der Waals surface area contributed by atoms with E-state index in [2.05, 4.69) is 20.9 Å². The highest BCUT2D eigenvalue weighted by molar-refractivity contribution is 5.85. The third-order valence-corrected chi connectivity index (χ3v) is 5.67. The standard InChI is InChI=1S/C28H31FN4O4/c1-37-28(36)18-24(22-10-8-20(9-11-22)21-12-14-23(29)15-13-21)33-27(35)19-32-26(34)7-3-5-17-31-25-6-2-4-16-30-25/h2,4,6,8-16,24H,3,5,7,17-19H2,1H3,(H,30,31)(H,32,34)(H,33,35). The molecule has 194 valence electrons. The number of anilines is 1. The maximum absolute atomic E-state index is 13.2. The number of ether oxygens (including phenoxy) is 1. The molecule has 0 aliphatic rings. The fourth-order valence-corrected chi connectivity index (χ4v) is 3.66. The maximum Gasteiger partial charge on any atom is 0.307 e. The molecule has 0 saturated heterocycles. The van der Waals surface area contributed by atoms with E-state index in [0.717, 1.165) is 23.4 Å². The molecule has 0 fully saturated rings. The number of hydrogen-bond donors (Lipinski definition) is 3. The van der Waals surface area contributed by atoms with Crippen LogP contribution in [0, 0.1) is 5.82 Å². The van der Waals surface area contributed by atoms with Crippen molar-refractivity contribution < 1.29 is 23.5 Å². The molecule has 1 heterocycles. The first-order chi connectivity index (χ1) is 17.9. The number of esters is 1. The molecule has 8 nitrogen and oxygen atoms in total. The van der Waals surface area contributed by atoms with Crippen molar-refractivity contribution in [1.82, 2.24) is 15.6 Å². The third kappa shape index (κ3) is 9.36. The fourth-order valence-electron chi connectivity index (χ4n) is 3.66. The van der Waals surface area contributed by atoms with E-state index in [0.29, 0.717) is 24.9 Å². The minimum atomic E-state index is -0.628. The van der Waals surface area contributed by atoms with Crippen LogP contribution in [0.4, 0.5) is 10.2 Å². The van der Waals surface area contributed by atoms with Gasteiger partial charge in [0.05, 0.1) is 26.1 Å². The van der Waals surface area contributed by atoms with Gasteiger partial charge in [0.25, 0.3) is 0 Å². The lowest BCUT2D eigenvalue weighted by molar-refractivity contribution is -0.141. The number of carbonyl (C=O) groups excluding carboxylic acids is 3. The van der Waals surface area contributed by atoms with Crippen LogP contribution in [0.1, 0.15) is 37.3 Å². The number of nitrogens with one attached hydrogen (secondary N) is 3. The van der Waals surface area contributed by atoms with Crippen LogP contribution >= 0.6 is 0 Å². The van der Waals surface area contributed by atoms with Crippen LogP contribution in [0.3, 0.4) is 0 Å². The Morgan fingerprint density at radius 2 is 1.62 bits per heavy atom. The lowest BCUT2D eigenvalue weighted by Crippen LogP contribution is -2.39. The Kier molecular flexibility index (Phi) is 10.6. The van der Waals surface area contributed by atoms with Gasteiger partial charge in [0.1, 0.15) is 11.6 Å². The molecule has 0 bridgehead atoms. The van der Waals surface area contributed by atoms with Gasteiger partial charge in [-0.25, -0.2) is 9.37 Å². The zero-order valence-electron chi connectivity index (χ0n) is 20.7. The first kappa shape index (κ1) is 27.3. The van der Waals surface area contributed by atoms with Gasteiger partial charge in [-0.3, -0.25) is 14.4 Å². The highest BCUT2D eigenvalue weighted by Gasteiger charge is 2.19. The first-order valence-electron chi connectivity index (χ1n) is 12.1. The third-order valence-electron chi connectivity index (χ3n) is 5.67. The molecular weight excluding hydrogens is 475 g/mol. The van der Waals surface area contributed by atoms with Gasteiger partial charge in [-0.1, -0.05) is 42.5 Å². The summed E-state index contributed by atoms with van der Waals surface area (Å²) >= 11 is 0. The summed E-state index contributed by atoms with van der Waals surface area (Å²) in [6.45, 7) is 0.496. The fraction of sp³-hybridized carbons (Fsp3) is 0.286. The minimum Gasteiger partial charge on any atom is -0.469 e. The first-order valence-corrected chi connectivity index (χ1v) is 12.1. The van der Waals surface area contributed by atoms with Crippen LogP contribution in [0.25, 0.3) is 11.1 Å². The molecule has 1 aromatic heterocycles. The number of methoxy groups -OCH3 is 1. The Bertz CT molecular complexity index is 1160. The van der Waals surface area contributed by atoms with Crippen molar-refractivity contribution in [3.8, 4) is 11.1 Å². The van der Waals surface area contributed by atoms with E-state index < -0.39 is 17.9 Å². The predicted molar refractivity (Wildman–Crippen MR) is 139 cm³/mol. The number of rotatable bonds is 13. The van der Waals surface area contributed by atoms with E-state index in [1.54, 1.807) is 30.5 Å². The van der Waals surface area contributed by atoms with Gasteiger partial charge in [-0.15, -0.1) is 0 Å². The number of pyridine rings is 1. The second-order valence-electron chi connectivity index (χ2n) is 8.40. The van der Waals surface area contributed by atoms with Crippen LogP contribution in [0.5, 0.6) is 0 Å². The van der Waals surface area contributed by atoms with E-state index in [1.165, 1.54) is 19.2 Å². The summed E-state index contributed by atoms with van der Waals surface area (Å²) < 4.78 is 18.0.